The zero-order chi connectivity index (χ0) is 15.4. The van der Waals surface area contributed by atoms with Crippen LogP contribution in [-0.4, -0.2) is 23.5 Å². The van der Waals surface area contributed by atoms with Crippen molar-refractivity contribution in [1.29, 1.82) is 0 Å². The Labute approximate surface area is 129 Å². The number of carbonyl (C=O) groups excluding carboxylic acids is 1. The predicted octanol–water partition coefficient (Wildman–Crippen LogP) is 3.66. The van der Waals surface area contributed by atoms with Crippen molar-refractivity contribution < 1.29 is 9.53 Å². The first-order valence-electron chi connectivity index (χ1n) is 7.02. The number of nitrogens with zero attached hydrogens (tertiary/aromatic N) is 1. The summed E-state index contributed by atoms with van der Waals surface area (Å²) in [7, 11) is 0. The van der Waals surface area contributed by atoms with E-state index in [0.29, 0.717) is 11.5 Å². The number of ether oxygens (including phenoxy) is 1. The van der Waals surface area contributed by atoms with Gasteiger partial charge in [-0.2, -0.15) is 0 Å². The number of thiazole rings is 1. The lowest BCUT2D eigenvalue weighted by Gasteiger charge is -2.06. The smallest absolute Gasteiger partial charge is 0.263 e. The number of amides is 1. The quantitative estimate of drug-likeness (QED) is 0.917. The van der Waals surface area contributed by atoms with Gasteiger partial charge in [-0.05, 0) is 52.0 Å². The largest absolute Gasteiger partial charge is 0.494 e. The lowest BCUT2D eigenvalue weighted by molar-refractivity contribution is 0.0946. The Kier molecular flexibility index (Phi) is 4.96. The van der Waals surface area contributed by atoms with E-state index in [-0.39, 0.29) is 11.9 Å². The average Bonchev–Trinajstić information content (AvgIpc) is 2.81. The molecule has 1 aromatic carbocycles. The summed E-state index contributed by atoms with van der Waals surface area (Å²) in [4.78, 5) is 17.3. The van der Waals surface area contributed by atoms with E-state index >= 15 is 0 Å². The second kappa shape index (κ2) is 6.72. The van der Waals surface area contributed by atoms with Crippen molar-refractivity contribution in [3.63, 3.8) is 0 Å². The summed E-state index contributed by atoms with van der Waals surface area (Å²) in [5.74, 6) is 0.782. The minimum atomic E-state index is -0.0582. The molecule has 21 heavy (non-hydrogen) atoms. The van der Waals surface area contributed by atoms with Crippen LogP contribution >= 0.6 is 11.3 Å². The van der Waals surface area contributed by atoms with Gasteiger partial charge in [0.1, 0.15) is 15.6 Å². The van der Waals surface area contributed by atoms with Gasteiger partial charge in [-0.25, -0.2) is 4.98 Å². The molecular weight excluding hydrogens is 284 g/mol. The summed E-state index contributed by atoms with van der Waals surface area (Å²) in [6, 6.07) is 7.89. The third kappa shape index (κ3) is 3.82. The number of nitrogens with one attached hydrogen (secondary N) is 1. The molecule has 0 aliphatic carbocycles. The molecule has 0 aliphatic heterocycles. The van der Waals surface area contributed by atoms with Crippen LogP contribution in [-0.2, 0) is 0 Å². The molecule has 112 valence electrons. The summed E-state index contributed by atoms with van der Waals surface area (Å²) < 4.78 is 5.43. The van der Waals surface area contributed by atoms with Crippen LogP contribution in [0.25, 0.3) is 10.6 Å². The van der Waals surface area contributed by atoms with Crippen LogP contribution in [0.15, 0.2) is 24.3 Å². The molecule has 2 aromatic rings. The third-order valence-corrected chi connectivity index (χ3v) is 4.04. The monoisotopic (exact) mass is 304 g/mol. The predicted molar refractivity (Wildman–Crippen MR) is 86.1 cm³/mol. The molecular formula is C16H20N2O2S. The second-order valence-corrected chi connectivity index (χ2v) is 6.02. The molecule has 0 aliphatic rings. The summed E-state index contributed by atoms with van der Waals surface area (Å²) >= 11 is 1.42. The number of hydrogen-bond donors (Lipinski definition) is 1. The van der Waals surface area contributed by atoms with Crippen molar-refractivity contribution in [3.05, 3.63) is 34.8 Å². The lowest BCUT2D eigenvalue weighted by atomic mass is 10.2. The Balaban J connectivity index is 2.23. The number of aryl methyl sites for hydroxylation is 1. The van der Waals surface area contributed by atoms with Gasteiger partial charge in [0, 0.05) is 11.6 Å². The Morgan fingerprint density at radius 1 is 1.33 bits per heavy atom. The number of aromatic nitrogens is 1. The molecule has 0 bridgehead atoms. The van der Waals surface area contributed by atoms with Gasteiger partial charge in [0.2, 0.25) is 0 Å². The standard InChI is InChI=1S/C16H20N2O2S/c1-5-20-13-8-6-12(7-9-13)16-18-11(4)14(21-16)15(19)17-10(2)3/h6-10H,5H2,1-4H3,(H,17,19). The zero-order valence-electron chi connectivity index (χ0n) is 12.8. The minimum Gasteiger partial charge on any atom is -0.494 e. The van der Waals surface area contributed by atoms with Gasteiger partial charge in [-0.1, -0.05) is 0 Å². The molecule has 2 rings (SSSR count). The molecule has 1 aromatic heterocycles. The third-order valence-electron chi connectivity index (χ3n) is 2.83. The van der Waals surface area contributed by atoms with Gasteiger partial charge in [-0.3, -0.25) is 4.79 Å². The zero-order valence-corrected chi connectivity index (χ0v) is 13.6. The van der Waals surface area contributed by atoms with Crippen LogP contribution in [0.1, 0.15) is 36.1 Å². The maximum atomic E-state index is 12.1. The molecule has 0 saturated heterocycles. The molecule has 0 radical (unpaired) electrons. The Morgan fingerprint density at radius 3 is 2.57 bits per heavy atom. The van der Waals surface area contributed by atoms with Gasteiger partial charge in [0.25, 0.3) is 5.91 Å². The summed E-state index contributed by atoms with van der Waals surface area (Å²) in [5, 5.41) is 3.75. The first kappa shape index (κ1) is 15.5. The highest BCUT2D eigenvalue weighted by molar-refractivity contribution is 7.17. The van der Waals surface area contributed by atoms with E-state index in [1.54, 1.807) is 0 Å². The normalized spacial score (nSPS) is 10.7. The average molecular weight is 304 g/mol. The van der Waals surface area contributed by atoms with Gasteiger partial charge in [-0.15, -0.1) is 11.3 Å². The van der Waals surface area contributed by atoms with Crippen molar-refractivity contribution in [1.82, 2.24) is 10.3 Å². The van der Waals surface area contributed by atoms with E-state index < -0.39 is 0 Å². The van der Waals surface area contributed by atoms with Crippen molar-refractivity contribution in [2.45, 2.75) is 33.7 Å². The van der Waals surface area contributed by atoms with Crippen molar-refractivity contribution in [3.8, 4) is 16.3 Å². The van der Waals surface area contributed by atoms with E-state index in [0.717, 1.165) is 22.0 Å². The summed E-state index contributed by atoms with van der Waals surface area (Å²) in [6.45, 7) is 8.36. The molecule has 5 heteroatoms. The molecule has 0 saturated carbocycles. The van der Waals surface area contributed by atoms with Crippen molar-refractivity contribution in [2.75, 3.05) is 6.61 Å². The van der Waals surface area contributed by atoms with Gasteiger partial charge in [0.15, 0.2) is 0 Å². The number of benzene rings is 1. The molecule has 0 unspecified atom stereocenters. The van der Waals surface area contributed by atoms with Crippen molar-refractivity contribution >= 4 is 17.2 Å². The Morgan fingerprint density at radius 2 is 2.00 bits per heavy atom. The number of rotatable bonds is 5. The first-order valence-corrected chi connectivity index (χ1v) is 7.84. The SMILES string of the molecule is CCOc1ccc(-c2nc(C)c(C(=O)NC(C)C)s2)cc1. The van der Waals surface area contributed by atoms with Crippen LogP contribution in [0.2, 0.25) is 0 Å². The highest BCUT2D eigenvalue weighted by Gasteiger charge is 2.16. The van der Waals surface area contributed by atoms with E-state index in [2.05, 4.69) is 10.3 Å². The van der Waals surface area contributed by atoms with E-state index in [1.165, 1.54) is 11.3 Å². The van der Waals surface area contributed by atoms with E-state index in [4.69, 9.17) is 4.74 Å². The fourth-order valence-corrected chi connectivity index (χ4v) is 2.89. The second-order valence-electron chi connectivity index (χ2n) is 5.02. The number of hydrogen-bond acceptors (Lipinski definition) is 4. The highest BCUT2D eigenvalue weighted by Crippen LogP contribution is 2.29. The molecule has 1 heterocycles. The van der Waals surface area contributed by atoms with Crippen LogP contribution in [0, 0.1) is 6.92 Å². The van der Waals surface area contributed by atoms with Gasteiger partial charge in [0.05, 0.1) is 12.3 Å². The van der Waals surface area contributed by atoms with Crippen LogP contribution < -0.4 is 10.1 Å². The maximum Gasteiger partial charge on any atom is 0.263 e. The maximum absolute atomic E-state index is 12.1. The molecule has 0 atom stereocenters. The van der Waals surface area contributed by atoms with Gasteiger partial charge >= 0.3 is 0 Å². The molecule has 1 N–H and O–H groups in total. The lowest BCUT2D eigenvalue weighted by Crippen LogP contribution is -2.29. The number of carbonyl (C=O) groups is 1. The molecule has 1 amide bonds. The molecule has 4 nitrogen and oxygen atoms in total. The minimum absolute atomic E-state index is 0.0582. The molecule has 0 fully saturated rings. The van der Waals surface area contributed by atoms with Crippen LogP contribution in [0.4, 0.5) is 0 Å². The highest BCUT2D eigenvalue weighted by atomic mass is 32.1. The van der Waals surface area contributed by atoms with Gasteiger partial charge < -0.3 is 10.1 Å². The van der Waals surface area contributed by atoms with Crippen LogP contribution in [0.3, 0.4) is 0 Å². The van der Waals surface area contributed by atoms with E-state index in [1.807, 2.05) is 52.0 Å². The molecule has 0 spiro atoms. The van der Waals surface area contributed by atoms with Crippen LogP contribution in [0.5, 0.6) is 5.75 Å². The Bertz CT molecular complexity index is 618. The van der Waals surface area contributed by atoms with Crippen molar-refractivity contribution in [2.24, 2.45) is 0 Å². The first-order chi connectivity index (χ1) is 10.0. The van der Waals surface area contributed by atoms with E-state index in [9.17, 15) is 4.79 Å². The summed E-state index contributed by atoms with van der Waals surface area (Å²) in [6.07, 6.45) is 0. The fraction of sp³-hybridized carbons (Fsp3) is 0.375. The Hall–Kier alpha value is -1.88. The topological polar surface area (TPSA) is 51.2 Å². The fourth-order valence-electron chi connectivity index (χ4n) is 1.92. The summed E-state index contributed by atoms with van der Waals surface area (Å²) in [5.41, 5.74) is 1.76.